The molecule has 4 rings (SSSR count). The van der Waals surface area contributed by atoms with Gasteiger partial charge in [-0.05, 0) is 0 Å². The van der Waals surface area contributed by atoms with Crippen LogP contribution in [0.25, 0.3) is 21.9 Å². The van der Waals surface area contributed by atoms with Gasteiger partial charge in [-0.1, -0.05) is 74.7 Å². The summed E-state index contributed by atoms with van der Waals surface area (Å²) in [5, 5.41) is 2.06. The van der Waals surface area contributed by atoms with E-state index in [1.54, 1.807) is 29.4 Å². The molecule has 0 nitrogen and oxygen atoms in total. The molecule has 1 unspecified atom stereocenters. The third-order valence-corrected chi connectivity index (χ3v) is 5.06. The fourth-order valence-corrected chi connectivity index (χ4v) is 3.20. The van der Waals surface area contributed by atoms with E-state index in [1.807, 2.05) is 48.5 Å². The van der Waals surface area contributed by atoms with Crippen molar-refractivity contribution in [3.63, 3.8) is 0 Å². The molecule has 148 valence electrons. The van der Waals surface area contributed by atoms with Gasteiger partial charge in [0, 0.05) is 0 Å². The van der Waals surface area contributed by atoms with Gasteiger partial charge in [0.2, 0.25) is 0 Å². The maximum atomic E-state index is 13.2. The summed E-state index contributed by atoms with van der Waals surface area (Å²) in [6, 6.07) is 19.0. The summed E-state index contributed by atoms with van der Waals surface area (Å²) in [6.07, 6.45) is 3.36. The fourth-order valence-electron chi connectivity index (χ4n) is 3.20. The van der Waals surface area contributed by atoms with Crippen LogP contribution in [0.3, 0.4) is 0 Å². The van der Waals surface area contributed by atoms with E-state index in [1.165, 1.54) is 22.8 Å². The number of hydrogen-bond acceptors (Lipinski definition) is 0. The van der Waals surface area contributed by atoms with Gasteiger partial charge in [-0.3, -0.25) is 6.08 Å². The molecule has 0 N–H and O–H groups in total. The van der Waals surface area contributed by atoms with E-state index in [0.29, 0.717) is 5.92 Å². The van der Waals surface area contributed by atoms with Crippen LogP contribution in [-0.4, -0.2) is 5.43 Å². The standard InChI is InChI=1S/C15H10F.C9H13.C2H6Si.Zr/c16-13-8-6-12-7-9-14(15(12)10-13)11-4-2-1-3-5-11;1-6-5-7(2)9(4)8(6)3;1-3-2;/h1-10H;6H,1-4H3;1-2H3;/q2*-1;;+2. The van der Waals surface area contributed by atoms with E-state index >= 15 is 0 Å². The molecule has 1 aliphatic rings. The third kappa shape index (κ3) is 6.79. The van der Waals surface area contributed by atoms with Crippen molar-refractivity contribution in [3.05, 3.63) is 89.3 Å². The van der Waals surface area contributed by atoms with Gasteiger partial charge >= 0.3 is 41.9 Å². The van der Waals surface area contributed by atoms with Crippen LogP contribution in [0.5, 0.6) is 0 Å². The van der Waals surface area contributed by atoms with Gasteiger partial charge in [-0.15, -0.1) is 41.5 Å². The van der Waals surface area contributed by atoms with Gasteiger partial charge in [-0.25, -0.2) is 9.96 Å². The molecule has 0 saturated heterocycles. The summed E-state index contributed by atoms with van der Waals surface area (Å²) in [5.74, 6) is 0.376. The van der Waals surface area contributed by atoms with Gasteiger partial charge in [0.05, 0.1) is 0 Å². The van der Waals surface area contributed by atoms with Crippen molar-refractivity contribution >= 4 is 16.2 Å². The normalized spacial score (nSPS) is 15.3. The van der Waals surface area contributed by atoms with Crippen molar-refractivity contribution in [3.8, 4) is 11.1 Å². The van der Waals surface area contributed by atoms with Crippen molar-refractivity contribution in [1.29, 1.82) is 0 Å². The fraction of sp³-hybridized carbons (Fsp3) is 0.269. The first-order valence-corrected chi connectivity index (χ1v) is 16.1. The van der Waals surface area contributed by atoms with Crippen molar-refractivity contribution in [2.45, 2.75) is 40.8 Å². The monoisotopic (exact) mass is 478 g/mol. The molecule has 3 heteroatoms. The van der Waals surface area contributed by atoms with Crippen LogP contribution in [0.1, 0.15) is 27.7 Å². The Morgan fingerprint density at radius 3 is 2.14 bits per heavy atom. The second-order valence-corrected chi connectivity index (χ2v) is 17.0. The molecule has 0 spiro atoms. The van der Waals surface area contributed by atoms with Gasteiger partial charge in [0.1, 0.15) is 5.82 Å². The molecule has 1 atom stereocenters. The second kappa shape index (κ2) is 11.1. The predicted molar refractivity (Wildman–Crippen MR) is 122 cm³/mol. The molecule has 0 fully saturated rings. The summed E-state index contributed by atoms with van der Waals surface area (Å²) in [5.41, 5.74) is 6.68. The number of hydrogen-bond donors (Lipinski definition) is 0. The second-order valence-electron chi connectivity index (χ2n) is 7.64. The number of rotatable bonds is 1. The molecule has 1 aliphatic carbocycles. The minimum Gasteiger partial charge on any atom is -0.209 e. The first-order chi connectivity index (χ1) is 13.7. The van der Waals surface area contributed by atoms with Crippen LogP contribution in [0.2, 0.25) is 13.1 Å². The number of allylic oxidation sites excluding steroid dienone is 4. The molecular formula is C26H29FSiZr. The first-order valence-electron chi connectivity index (χ1n) is 9.90. The number of fused-ring (bicyclic) bond motifs is 1. The van der Waals surface area contributed by atoms with Gasteiger partial charge in [0.15, 0.2) is 0 Å². The minimum absolute atomic E-state index is 0.184. The average Bonchev–Trinajstić information content (AvgIpc) is 3.19. The predicted octanol–water partition coefficient (Wildman–Crippen LogP) is 7.87. The van der Waals surface area contributed by atoms with E-state index in [0.717, 1.165) is 21.9 Å². The molecule has 3 aromatic rings. The molecule has 0 amide bonds. The maximum absolute atomic E-state index is 13.2. The van der Waals surface area contributed by atoms with Crippen molar-refractivity contribution < 1.29 is 27.7 Å². The molecule has 0 radical (unpaired) electrons. The Morgan fingerprint density at radius 2 is 1.66 bits per heavy atom. The Balaban J connectivity index is 0.000000195. The summed E-state index contributed by atoms with van der Waals surface area (Å²) in [7, 11) is 0. The molecule has 0 bridgehead atoms. The molecular weight excluding hydrogens is 451 g/mol. The Kier molecular flexibility index (Phi) is 9.11. The number of benzene rings is 2. The molecule has 3 aromatic carbocycles. The first kappa shape index (κ1) is 23.8. The molecule has 0 heterocycles. The average molecular weight is 480 g/mol. The zero-order chi connectivity index (χ0) is 21.6. The SMILES string of the molecule is CC1=[C-]C(C)C(C)=C1C.C[Si](C)=[Zr+2].Fc1ccc2[cH-]cc(-c3ccccc3)c2c1. The molecule has 29 heavy (non-hydrogen) atoms. The van der Waals surface area contributed by atoms with Crippen LogP contribution in [0, 0.1) is 17.8 Å². The number of halogens is 1. The zero-order valence-electron chi connectivity index (χ0n) is 18.2. The van der Waals surface area contributed by atoms with Gasteiger partial charge in [-0.2, -0.15) is 11.1 Å². The maximum Gasteiger partial charge on any atom is 0.104 e. The summed E-state index contributed by atoms with van der Waals surface area (Å²) < 4.78 is 13.2. The van der Waals surface area contributed by atoms with Crippen LogP contribution >= 0.6 is 0 Å². The smallest absolute Gasteiger partial charge is 0.104 e. The van der Waals surface area contributed by atoms with Gasteiger partial charge in [0.25, 0.3) is 0 Å². The largest absolute Gasteiger partial charge is 0.209 e. The van der Waals surface area contributed by atoms with Gasteiger partial charge < -0.3 is 0 Å². The Morgan fingerprint density at radius 1 is 1.03 bits per heavy atom. The van der Waals surface area contributed by atoms with Crippen LogP contribution < -0.4 is 0 Å². The molecule has 0 aromatic heterocycles. The third-order valence-electron chi connectivity index (χ3n) is 5.06. The summed E-state index contributed by atoms with van der Waals surface area (Å²) in [6.45, 7) is 13.3. The van der Waals surface area contributed by atoms with Crippen LogP contribution in [-0.2, 0) is 23.3 Å². The van der Waals surface area contributed by atoms with Crippen molar-refractivity contribution in [2.75, 3.05) is 0 Å². The summed E-state index contributed by atoms with van der Waals surface area (Å²) in [4.78, 5) is 0. The van der Waals surface area contributed by atoms with E-state index in [9.17, 15) is 4.39 Å². The van der Waals surface area contributed by atoms with Crippen LogP contribution in [0.4, 0.5) is 4.39 Å². The quantitative estimate of drug-likeness (QED) is 0.246. The molecule has 0 aliphatic heterocycles. The van der Waals surface area contributed by atoms with E-state index in [-0.39, 0.29) is 11.3 Å². The van der Waals surface area contributed by atoms with E-state index in [2.05, 4.69) is 46.9 Å². The zero-order valence-corrected chi connectivity index (χ0v) is 21.7. The topological polar surface area (TPSA) is 0 Å². The summed E-state index contributed by atoms with van der Waals surface area (Å²) >= 11 is 1.74. The van der Waals surface area contributed by atoms with Crippen LogP contribution in [0.15, 0.2) is 77.4 Å². The van der Waals surface area contributed by atoms with E-state index < -0.39 is 0 Å². The van der Waals surface area contributed by atoms with Crippen molar-refractivity contribution in [2.24, 2.45) is 5.92 Å². The Hall–Kier alpha value is -1.44. The molecule has 0 saturated carbocycles. The minimum atomic E-state index is -0.184. The Labute approximate surface area is 190 Å². The van der Waals surface area contributed by atoms with E-state index in [4.69, 9.17) is 0 Å². The van der Waals surface area contributed by atoms with Crippen molar-refractivity contribution in [1.82, 2.24) is 0 Å². The Bertz CT molecular complexity index is 1040.